The average molecular weight is 497 g/mol. The first-order chi connectivity index (χ1) is 16.7. The summed E-state index contributed by atoms with van der Waals surface area (Å²) in [5.74, 6) is 1.25. The van der Waals surface area contributed by atoms with Gasteiger partial charge < -0.3 is 14.8 Å². The number of rotatable bonds is 11. The SMILES string of the molecule is COc1ccc(OCCNC(=O)CN(c2ccc(C(C)C)cc2)S(=O)(=O)c2ccc(C)cc2)cc1. The number of methoxy groups -OCH3 is 1. The van der Waals surface area contributed by atoms with Crippen molar-refractivity contribution in [1.82, 2.24) is 5.32 Å². The molecule has 0 bridgehead atoms. The molecule has 1 amide bonds. The highest BCUT2D eigenvalue weighted by Gasteiger charge is 2.27. The van der Waals surface area contributed by atoms with Crippen molar-refractivity contribution in [3.05, 3.63) is 83.9 Å². The lowest BCUT2D eigenvalue weighted by molar-refractivity contribution is -0.119. The average Bonchev–Trinajstić information content (AvgIpc) is 2.86. The number of aryl methyl sites for hydroxylation is 1. The van der Waals surface area contributed by atoms with Crippen molar-refractivity contribution in [1.29, 1.82) is 0 Å². The van der Waals surface area contributed by atoms with E-state index in [2.05, 4.69) is 19.2 Å². The van der Waals surface area contributed by atoms with Crippen LogP contribution < -0.4 is 19.1 Å². The normalized spacial score (nSPS) is 11.2. The number of hydrogen-bond donors (Lipinski definition) is 1. The van der Waals surface area contributed by atoms with Crippen molar-refractivity contribution in [2.75, 3.05) is 31.1 Å². The van der Waals surface area contributed by atoms with Crippen LogP contribution in [0.5, 0.6) is 11.5 Å². The minimum absolute atomic E-state index is 0.131. The van der Waals surface area contributed by atoms with Crippen molar-refractivity contribution in [2.24, 2.45) is 0 Å². The summed E-state index contributed by atoms with van der Waals surface area (Å²) < 4.78 is 38.8. The third kappa shape index (κ3) is 6.99. The Balaban J connectivity index is 1.70. The highest BCUT2D eigenvalue weighted by molar-refractivity contribution is 7.92. The van der Waals surface area contributed by atoms with E-state index in [1.165, 1.54) is 0 Å². The molecule has 0 saturated carbocycles. The smallest absolute Gasteiger partial charge is 0.264 e. The van der Waals surface area contributed by atoms with Gasteiger partial charge in [0.25, 0.3) is 10.0 Å². The van der Waals surface area contributed by atoms with Gasteiger partial charge in [-0.3, -0.25) is 9.10 Å². The summed E-state index contributed by atoms with van der Waals surface area (Å²) in [5.41, 5.74) is 2.47. The summed E-state index contributed by atoms with van der Waals surface area (Å²) in [6.07, 6.45) is 0. The molecule has 0 atom stereocenters. The molecule has 0 saturated heterocycles. The molecule has 7 nitrogen and oxygen atoms in total. The van der Waals surface area contributed by atoms with Gasteiger partial charge in [-0.2, -0.15) is 0 Å². The minimum Gasteiger partial charge on any atom is -0.497 e. The Hall–Kier alpha value is -3.52. The van der Waals surface area contributed by atoms with Crippen LogP contribution in [-0.4, -0.2) is 41.1 Å². The largest absolute Gasteiger partial charge is 0.497 e. The maximum Gasteiger partial charge on any atom is 0.264 e. The quantitative estimate of drug-likeness (QED) is 0.395. The standard InChI is InChI=1S/C27H32N2O5S/c1-20(2)22-7-9-23(10-8-22)29(35(31,32)26-15-5-21(3)6-16-26)19-27(30)28-17-18-34-25-13-11-24(33-4)12-14-25/h5-16,20H,17-19H2,1-4H3,(H,28,30). The number of carbonyl (C=O) groups excluding carboxylic acids is 1. The van der Waals surface area contributed by atoms with Crippen LogP contribution >= 0.6 is 0 Å². The van der Waals surface area contributed by atoms with Gasteiger partial charge in [0.15, 0.2) is 0 Å². The van der Waals surface area contributed by atoms with Crippen molar-refractivity contribution >= 4 is 21.6 Å². The van der Waals surface area contributed by atoms with E-state index in [-0.39, 0.29) is 24.6 Å². The van der Waals surface area contributed by atoms with E-state index in [1.807, 2.05) is 19.1 Å². The molecule has 0 spiro atoms. The first-order valence-electron chi connectivity index (χ1n) is 11.4. The predicted octanol–water partition coefficient (Wildman–Crippen LogP) is 4.52. The van der Waals surface area contributed by atoms with Crippen molar-refractivity contribution < 1.29 is 22.7 Å². The number of carbonyl (C=O) groups is 1. The molecule has 8 heteroatoms. The predicted molar refractivity (Wildman–Crippen MR) is 138 cm³/mol. The van der Waals surface area contributed by atoms with E-state index >= 15 is 0 Å². The van der Waals surface area contributed by atoms with E-state index in [1.54, 1.807) is 67.8 Å². The summed E-state index contributed by atoms with van der Waals surface area (Å²) in [6, 6.07) is 21.0. The molecular formula is C27H32N2O5S. The van der Waals surface area contributed by atoms with Gasteiger partial charge in [-0.15, -0.1) is 0 Å². The lowest BCUT2D eigenvalue weighted by Gasteiger charge is -2.24. The molecule has 3 rings (SSSR count). The van der Waals surface area contributed by atoms with Crippen LogP contribution in [0.3, 0.4) is 0 Å². The van der Waals surface area contributed by atoms with E-state index in [4.69, 9.17) is 9.47 Å². The van der Waals surface area contributed by atoms with Crippen LogP contribution in [0.15, 0.2) is 77.7 Å². The van der Waals surface area contributed by atoms with Crippen LogP contribution in [0.2, 0.25) is 0 Å². The van der Waals surface area contributed by atoms with Crippen LogP contribution in [0.1, 0.15) is 30.9 Å². The zero-order chi connectivity index (χ0) is 25.4. The summed E-state index contributed by atoms with van der Waals surface area (Å²) in [5, 5.41) is 2.74. The number of hydrogen-bond acceptors (Lipinski definition) is 5. The molecule has 0 heterocycles. The van der Waals surface area contributed by atoms with Gasteiger partial charge in [-0.05, 0) is 66.9 Å². The number of amides is 1. The Morgan fingerprint density at radius 3 is 2.09 bits per heavy atom. The Kier molecular flexibility index (Phi) is 8.76. The molecular weight excluding hydrogens is 464 g/mol. The van der Waals surface area contributed by atoms with E-state index in [0.717, 1.165) is 21.2 Å². The van der Waals surface area contributed by atoms with E-state index < -0.39 is 15.9 Å². The summed E-state index contributed by atoms with van der Waals surface area (Å²) in [6.45, 7) is 6.15. The molecule has 0 aliphatic heterocycles. The van der Waals surface area contributed by atoms with Crippen LogP contribution in [-0.2, 0) is 14.8 Å². The second-order valence-electron chi connectivity index (χ2n) is 8.44. The van der Waals surface area contributed by atoms with Crippen LogP contribution in [0.25, 0.3) is 0 Å². The number of nitrogens with one attached hydrogen (secondary N) is 1. The van der Waals surface area contributed by atoms with Crippen molar-refractivity contribution in [3.63, 3.8) is 0 Å². The molecule has 3 aromatic carbocycles. The zero-order valence-corrected chi connectivity index (χ0v) is 21.3. The first kappa shape index (κ1) is 26.1. The van der Waals surface area contributed by atoms with Gasteiger partial charge in [0, 0.05) is 0 Å². The number of nitrogens with zero attached hydrogens (tertiary/aromatic N) is 1. The fourth-order valence-corrected chi connectivity index (χ4v) is 4.82. The summed E-state index contributed by atoms with van der Waals surface area (Å²) in [4.78, 5) is 12.9. The van der Waals surface area contributed by atoms with Gasteiger partial charge in [0.2, 0.25) is 5.91 Å². The molecule has 0 fully saturated rings. The summed E-state index contributed by atoms with van der Waals surface area (Å²) in [7, 11) is -2.36. The molecule has 0 unspecified atom stereocenters. The second-order valence-corrected chi connectivity index (χ2v) is 10.3. The van der Waals surface area contributed by atoms with Gasteiger partial charge in [-0.1, -0.05) is 43.7 Å². The number of sulfonamides is 1. The number of ether oxygens (including phenoxy) is 2. The monoisotopic (exact) mass is 496 g/mol. The molecule has 186 valence electrons. The molecule has 0 radical (unpaired) electrons. The minimum atomic E-state index is -3.95. The second kappa shape index (κ2) is 11.8. The highest BCUT2D eigenvalue weighted by Crippen LogP contribution is 2.26. The number of anilines is 1. The Labute approximate surface area is 207 Å². The molecule has 0 aliphatic rings. The maximum atomic E-state index is 13.5. The first-order valence-corrected chi connectivity index (χ1v) is 12.9. The fourth-order valence-electron chi connectivity index (χ4n) is 3.40. The Bertz CT molecular complexity index is 1210. The lowest BCUT2D eigenvalue weighted by Crippen LogP contribution is -2.41. The number of benzene rings is 3. The highest BCUT2D eigenvalue weighted by atomic mass is 32.2. The fraction of sp³-hybridized carbons (Fsp3) is 0.296. The summed E-state index contributed by atoms with van der Waals surface area (Å²) >= 11 is 0. The third-order valence-electron chi connectivity index (χ3n) is 5.50. The van der Waals surface area contributed by atoms with Gasteiger partial charge >= 0.3 is 0 Å². The van der Waals surface area contributed by atoms with Gasteiger partial charge in [-0.25, -0.2) is 8.42 Å². The zero-order valence-electron chi connectivity index (χ0n) is 20.5. The molecule has 1 N–H and O–H groups in total. The van der Waals surface area contributed by atoms with Crippen molar-refractivity contribution in [2.45, 2.75) is 31.6 Å². The van der Waals surface area contributed by atoms with Crippen LogP contribution in [0, 0.1) is 6.92 Å². The molecule has 0 aromatic heterocycles. The molecule has 35 heavy (non-hydrogen) atoms. The van der Waals surface area contributed by atoms with Crippen LogP contribution in [0.4, 0.5) is 5.69 Å². The van der Waals surface area contributed by atoms with E-state index in [0.29, 0.717) is 17.4 Å². The topological polar surface area (TPSA) is 84.9 Å². The third-order valence-corrected chi connectivity index (χ3v) is 7.28. The van der Waals surface area contributed by atoms with Gasteiger partial charge in [0.1, 0.15) is 24.7 Å². The van der Waals surface area contributed by atoms with E-state index in [9.17, 15) is 13.2 Å². The lowest BCUT2D eigenvalue weighted by atomic mass is 10.0. The molecule has 0 aliphatic carbocycles. The Morgan fingerprint density at radius 2 is 1.51 bits per heavy atom. The molecule has 3 aromatic rings. The Morgan fingerprint density at radius 1 is 0.914 bits per heavy atom. The van der Waals surface area contributed by atoms with Crippen molar-refractivity contribution in [3.8, 4) is 11.5 Å². The van der Waals surface area contributed by atoms with Gasteiger partial charge in [0.05, 0.1) is 24.2 Å². The maximum absolute atomic E-state index is 13.5.